The molecule has 0 unspecified atom stereocenters. The van der Waals surface area contributed by atoms with Gasteiger partial charge in [0, 0.05) is 36.7 Å². The summed E-state index contributed by atoms with van der Waals surface area (Å²) in [6.45, 7) is 0.385. The van der Waals surface area contributed by atoms with Crippen LogP contribution in [0.3, 0.4) is 0 Å². The number of carboxylic acids is 1. The first-order valence-corrected chi connectivity index (χ1v) is 7.79. The highest BCUT2D eigenvalue weighted by atomic mass is 32.1. The Morgan fingerprint density at radius 2 is 2.05 bits per heavy atom. The molecule has 7 nitrogen and oxygen atoms in total. The summed E-state index contributed by atoms with van der Waals surface area (Å²) in [5, 5.41) is 13.7. The number of amides is 1. The van der Waals surface area contributed by atoms with E-state index in [9.17, 15) is 9.59 Å². The van der Waals surface area contributed by atoms with E-state index in [4.69, 9.17) is 5.11 Å². The molecule has 2 N–H and O–H groups in total. The summed E-state index contributed by atoms with van der Waals surface area (Å²) in [6, 6.07) is 0. The number of aromatic nitrogens is 3. The molecule has 2 aromatic rings. The Kier molecular flexibility index (Phi) is 4.10. The van der Waals surface area contributed by atoms with Crippen molar-refractivity contribution in [2.45, 2.75) is 25.2 Å². The van der Waals surface area contributed by atoms with Crippen molar-refractivity contribution in [3.63, 3.8) is 0 Å². The van der Waals surface area contributed by atoms with Crippen LogP contribution in [-0.2, 0) is 6.42 Å². The zero-order chi connectivity index (χ0) is 15.5. The number of aromatic carboxylic acids is 1. The zero-order valence-corrected chi connectivity index (χ0v) is 12.5. The molecule has 114 valence electrons. The van der Waals surface area contributed by atoms with Crippen molar-refractivity contribution in [2.75, 3.05) is 6.54 Å². The van der Waals surface area contributed by atoms with E-state index in [1.807, 2.05) is 0 Å². The maximum absolute atomic E-state index is 11.9. The molecule has 0 radical (unpaired) electrons. The monoisotopic (exact) mass is 318 g/mol. The molecule has 0 atom stereocenters. The van der Waals surface area contributed by atoms with Gasteiger partial charge in [0.25, 0.3) is 5.91 Å². The van der Waals surface area contributed by atoms with Gasteiger partial charge < -0.3 is 10.4 Å². The lowest BCUT2D eigenvalue weighted by molar-refractivity contribution is 0.0690. The highest BCUT2D eigenvalue weighted by Gasteiger charge is 2.26. The van der Waals surface area contributed by atoms with Crippen molar-refractivity contribution in [1.82, 2.24) is 20.3 Å². The topological polar surface area (TPSA) is 105 Å². The fourth-order valence-electron chi connectivity index (χ4n) is 1.92. The van der Waals surface area contributed by atoms with Crippen LogP contribution in [0, 0.1) is 0 Å². The third-order valence-electron chi connectivity index (χ3n) is 3.27. The molecule has 1 amide bonds. The minimum absolute atomic E-state index is 0.0374. The van der Waals surface area contributed by atoms with E-state index in [1.54, 1.807) is 12.4 Å². The normalized spacial score (nSPS) is 13.8. The Hall–Kier alpha value is -2.35. The summed E-state index contributed by atoms with van der Waals surface area (Å²) >= 11 is 1.27. The maximum atomic E-state index is 11.9. The SMILES string of the molecule is O=C(NCCc1nc(C(=O)O)cs1)c1cnc(C2CC2)nc1. The molecular weight excluding hydrogens is 304 g/mol. The third-order valence-corrected chi connectivity index (χ3v) is 4.18. The second-order valence-corrected chi connectivity index (χ2v) is 5.98. The lowest BCUT2D eigenvalue weighted by Gasteiger charge is -2.04. The van der Waals surface area contributed by atoms with Gasteiger partial charge >= 0.3 is 5.97 Å². The van der Waals surface area contributed by atoms with Gasteiger partial charge in [-0.15, -0.1) is 11.3 Å². The van der Waals surface area contributed by atoms with E-state index < -0.39 is 5.97 Å². The van der Waals surface area contributed by atoms with Crippen molar-refractivity contribution < 1.29 is 14.7 Å². The van der Waals surface area contributed by atoms with E-state index in [0.717, 1.165) is 18.7 Å². The first-order valence-electron chi connectivity index (χ1n) is 6.91. The van der Waals surface area contributed by atoms with Gasteiger partial charge in [-0.05, 0) is 12.8 Å². The number of hydrogen-bond donors (Lipinski definition) is 2. The number of carboxylic acid groups (broad SMARTS) is 1. The number of hydrogen-bond acceptors (Lipinski definition) is 6. The lowest BCUT2D eigenvalue weighted by atomic mass is 10.3. The molecular formula is C14H14N4O3S. The summed E-state index contributed by atoms with van der Waals surface area (Å²) in [5.74, 6) is -0.0113. The van der Waals surface area contributed by atoms with Crippen LogP contribution in [0.4, 0.5) is 0 Å². The first-order chi connectivity index (χ1) is 10.6. The minimum atomic E-state index is -1.04. The van der Waals surface area contributed by atoms with Gasteiger partial charge in [0.2, 0.25) is 0 Å². The number of carbonyl (C=O) groups excluding carboxylic acids is 1. The van der Waals surface area contributed by atoms with Crippen LogP contribution in [0.25, 0.3) is 0 Å². The fraction of sp³-hybridized carbons (Fsp3) is 0.357. The summed E-state index contributed by atoms with van der Waals surface area (Å²) in [7, 11) is 0. The number of nitrogens with zero attached hydrogens (tertiary/aromatic N) is 3. The first kappa shape index (κ1) is 14.6. The predicted octanol–water partition coefficient (Wildman–Crippen LogP) is 1.48. The smallest absolute Gasteiger partial charge is 0.355 e. The van der Waals surface area contributed by atoms with Crippen molar-refractivity contribution >= 4 is 23.2 Å². The Labute approximate surface area is 130 Å². The molecule has 0 aromatic carbocycles. The van der Waals surface area contributed by atoms with E-state index in [1.165, 1.54) is 16.7 Å². The lowest BCUT2D eigenvalue weighted by Crippen LogP contribution is -2.26. The second kappa shape index (κ2) is 6.18. The number of nitrogens with one attached hydrogen (secondary N) is 1. The molecule has 1 saturated carbocycles. The van der Waals surface area contributed by atoms with Crippen molar-refractivity contribution in [1.29, 1.82) is 0 Å². The van der Waals surface area contributed by atoms with Crippen molar-refractivity contribution in [3.8, 4) is 0 Å². The van der Waals surface area contributed by atoms with Gasteiger partial charge in [0.1, 0.15) is 5.82 Å². The molecule has 2 aromatic heterocycles. The van der Waals surface area contributed by atoms with Gasteiger partial charge in [0.15, 0.2) is 5.69 Å². The largest absolute Gasteiger partial charge is 0.476 e. The molecule has 0 saturated heterocycles. The van der Waals surface area contributed by atoms with Crippen LogP contribution in [0.1, 0.15) is 50.4 Å². The molecule has 1 aliphatic carbocycles. The molecule has 0 spiro atoms. The molecule has 3 rings (SSSR count). The van der Waals surface area contributed by atoms with Crippen LogP contribution >= 0.6 is 11.3 Å². The van der Waals surface area contributed by atoms with E-state index in [2.05, 4.69) is 20.3 Å². The standard InChI is InChI=1S/C14H14N4O3S/c19-13(9-5-16-12(17-6-9)8-1-2-8)15-4-3-11-18-10(7-22-11)14(20)21/h5-8H,1-4H2,(H,15,19)(H,20,21). The Morgan fingerprint density at radius 1 is 1.32 bits per heavy atom. The highest BCUT2D eigenvalue weighted by Crippen LogP contribution is 2.37. The molecule has 0 aliphatic heterocycles. The van der Waals surface area contributed by atoms with Gasteiger partial charge in [-0.25, -0.2) is 19.7 Å². The summed E-state index contributed by atoms with van der Waals surface area (Å²) in [4.78, 5) is 35.0. The third kappa shape index (κ3) is 3.45. The highest BCUT2D eigenvalue weighted by molar-refractivity contribution is 7.09. The summed E-state index contributed by atoms with van der Waals surface area (Å²) < 4.78 is 0. The molecule has 22 heavy (non-hydrogen) atoms. The van der Waals surface area contributed by atoms with Gasteiger partial charge in [-0.3, -0.25) is 4.79 Å². The van der Waals surface area contributed by atoms with E-state index in [0.29, 0.717) is 29.5 Å². The molecule has 0 bridgehead atoms. The Bertz CT molecular complexity index is 694. The van der Waals surface area contributed by atoms with Gasteiger partial charge in [-0.2, -0.15) is 0 Å². The van der Waals surface area contributed by atoms with Crippen LogP contribution in [0.2, 0.25) is 0 Å². The van der Waals surface area contributed by atoms with E-state index in [-0.39, 0.29) is 11.6 Å². The number of rotatable bonds is 6. The Balaban J connectivity index is 1.49. The van der Waals surface area contributed by atoms with Crippen LogP contribution in [-0.4, -0.2) is 38.5 Å². The van der Waals surface area contributed by atoms with Gasteiger partial charge in [0.05, 0.1) is 10.6 Å². The molecule has 2 heterocycles. The Morgan fingerprint density at radius 3 is 2.64 bits per heavy atom. The maximum Gasteiger partial charge on any atom is 0.355 e. The average molecular weight is 318 g/mol. The van der Waals surface area contributed by atoms with Crippen LogP contribution in [0.5, 0.6) is 0 Å². The fourth-order valence-corrected chi connectivity index (χ4v) is 2.69. The minimum Gasteiger partial charge on any atom is -0.476 e. The van der Waals surface area contributed by atoms with E-state index >= 15 is 0 Å². The zero-order valence-electron chi connectivity index (χ0n) is 11.7. The summed E-state index contributed by atoms with van der Waals surface area (Å²) in [5.41, 5.74) is 0.463. The van der Waals surface area contributed by atoms with Crippen molar-refractivity contribution in [3.05, 3.63) is 39.9 Å². The summed E-state index contributed by atoms with van der Waals surface area (Å²) in [6.07, 6.45) is 5.82. The number of carbonyl (C=O) groups is 2. The average Bonchev–Trinajstić information content (AvgIpc) is 3.26. The predicted molar refractivity (Wildman–Crippen MR) is 79.1 cm³/mol. The van der Waals surface area contributed by atoms with Crippen LogP contribution < -0.4 is 5.32 Å². The molecule has 1 aliphatic rings. The van der Waals surface area contributed by atoms with Crippen molar-refractivity contribution in [2.24, 2.45) is 0 Å². The number of thiazole rings is 1. The molecule has 8 heteroatoms. The van der Waals surface area contributed by atoms with Gasteiger partial charge in [-0.1, -0.05) is 0 Å². The quantitative estimate of drug-likeness (QED) is 0.836. The molecule has 1 fully saturated rings. The van der Waals surface area contributed by atoms with Crippen LogP contribution in [0.15, 0.2) is 17.8 Å². The second-order valence-electron chi connectivity index (χ2n) is 5.04.